The van der Waals surface area contributed by atoms with E-state index in [0.717, 1.165) is 6.54 Å². The average Bonchev–Trinajstić information content (AvgIpc) is 2.09. The lowest BCUT2D eigenvalue weighted by molar-refractivity contribution is -0.119. The molecule has 0 rings (SSSR count). The Kier molecular flexibility index (Phi) is 6.67. The van der Waals surface area contributed by atoms with Crippen molar-refractivity contribution in [1.29, 1.82) is 0 Å². The quantitative estimate of drug-likeness (QED) is 0.566. The molecule has 0 fully saturated rings. The first-order valence-electron chi connectivity index (χ1n) is 5.30. The fraction of sp³-hybridized carbons (Fsp3) is 0.800. The SMILES string of the molecule is CC(C)C(CN(C)C)NCC(=O)NC(N)=O. The minimum atomic E-state index is -0.819. The molecule has 1 unspecified atom stereocenters. The maximum atomic E-state index is 11.2. The summed E-state index contributed by atoms with van der Waals surface area (Å²) in [5.41, 5.74) is 4.83. The van der Waals surface area contributed by atoms with Gasteiger partial charge in [0, 0.05) is 12.6 Å². The van der Waals surface area contributed by atoms with Crippen LogP contribution in [0.25, 0.3) is 0 Å². The molecule has 1 atom stereocenters. The Bertz CT molecular complexity index is 241. The minimum Gasteiger partial charge on any atom is -0.351 e. The highest BCUT2D eigenvalue weighted by Crippen LogP contribution is 2.01. The number of hydrogen-bond acceptors (Lipinski definition) is 4. The van der Waals surface area contributed by atoms with E-state index < -0.39 is 11.9 Å². The number of likely N-dealkylation sites (N-methyl/N-ethyl adjacent to an activating group) is 1. The summed E-state index contributed by atoms with van der Waals surface area (Å²) < 4.78 is 0. The van der Waals surface area contributed by atoms with Crippen molar-refractivity contribution in [1.82, 2.24) is 15.5 Å². The summed E-state index contributed by atoms with van der Waals surface area (Å²) >= 11 is 0. The topological polar surface area (TPSA) is 87.5 Å². The maximum Gasteiger partial charge on any atom is 0.318 e. The van der Waals surface area contributed by atoms with Gasteiger partial charge in [-0.15, -0.1) is 0 Å². The van der Waals surface area contributed by atoms with Gasteiger partial charge in [0.25, 0.3) is 0 Å². The Labute approximate surface area is 96.5 Å². The first-order valence-corrected chi connectivity index (χ1v) is 5.30. The van der Waals surface area contributed by atoms with Crippen molar-refractivity contribution in [3.8, 4) is 0 Å². The van der Waals surface area contributed by atoms with E-state index in [1.54, 1.807) is 0 Å². The minimum absolute atomic E-state index is 0.0969. The van der Waals surface area contributed by atoms with Crippen LogP contribution in [0, 0.1) is 5.92 Å². The third-order valence-corrected chi connectivity index (χ3v) is 2.15. The Morgan fingerprint density at radius 1 is 1.31 bits per heavy atom. The second kappa shape index (κ2) is 7.19. The van der Waals surface area contributed by atoms with Crippen molar-refractivity contribution >= 4 is 11.9 Å². The van der Waals surface area contributed by atoms with E-state index in [1.807, 2.05) is 24.3 Å². The number of rotatable bonds is 6. The van der Waals surface area contributed by atoms with E-state index in [9.17, 15) is 9.59 Å². The molecule has 0 aliphatic rings. The number of hydrogen-bond donors (Lipinski definition) is 3. The van der Waals surface area contributed by atoms with Gasteiger partial charge in [-0.1, -0.05) is 13.8 Å². The van der Waals surface area contributed by atoms with Crippen LogP contribution < -0.4 is 16.4 Å². The molecule has 0 aromatic heterocycles. The van der Waals surface area contributed by atoms with Gasteiger partial charge < -0.3 is 16.0 Å². The Morgan fingerprint density at radius 2 is 1.88 bits per heavy atom. The normalized spacial score (nSPS) is 12.9. The second-order valence-electron chi connectivity index (χ2n) is 4.41. The highest BCUT2D eigenvalue weighted by atomic mass is 16.2. The van der Waals surface area contributed by atoms with Crippen LogP contribution in [0.3, 0.4) is 0 Å². The molecule has 4 N–H and O–H groups in total. The van der Waals surface area contributed by atoms with Gasteiger partial charge in [-0.3, -0.25) is 10.1 Å². The lowest BCUT2D eigenvalue weighted by Gasteiger charge is -2.25. The Balaban J connectivity index is 4.01. The van der Waals surface area contributed by atoms with Gasteiger partial charge in [-0.05, 0) is 20.0 Å². The van der Waals surface area contributed by atoms with Crippen LogP contribution >= 0.6 is 0 Å². The van der Waals surface area contributed by atoms with Gasteiger partial charge in [-0.25, -0.2) is 4.79 Å². The second-order valence-corrected chi connectivity index (χ2v) is 4.41. The zero-order valence-corrected chi connectivity index (χ0v) is 10.4. The molecule has 0 heterocycles. The molecule has 0 aromatic carbocycles. The van der Waals surface area contributed by atoms with Gasteiger partial charge in [0.1, 0.15) is 0 Å². The number of amides is 3. The fourth-order valence-corrected chi connectivity index (χ4v) is 1.31. The van der Waals surface area contributed by atoms with E-state index in [1.165, 1.54) is 0 Å². The number of carbonyl (C=O) groups excluding carboxylic acids is 2. The molecule has 6 heteroatoms. The van der Waals surface area contributed by atoms with Gasteiger partial charge in [0.15, 0.2) is 0 Å². The van der Waals surface area contributed by atoms with Gasteiger partial charge in [0.2, 0.25) is 5.91 Å². The molecule has 0 radical (unpaired) electrons. The molecular formula is C10H22N4O2. The zero-order valence-electron chi connectivity index (χ0n) is 10.4. The number of nitrogens with one attached hydrogen (secondary N) is 2. The molecule has 94 valence electrons. The molecule has 0 saturated heterocycles. The maximum absolute atomic E-state index is 11.2. The number of primary amides is 1. The van der Waals surface area contributed by atoms with Crippen LogP contribution in [0.1, 0.15) is 13.8 Å². The summed E-state index contributed by atoms with van der Waals surface area (Å²) in [4.78, 5) is 23.6. The Morgan fingerprint density at radius 3 is 2.25 bits per heavy atom. The summed E-state index contributed by atoms with van der Waals surface area (Å²) in [5, 5.41) is 5.11. The van der Waals surface area contributed by atoms with Gasteiger partial charge in [-0.2, -0.15) is 0 Å². The smallest absolute Gasteiger partial charge is 0.318 e. The van der Waals surface area contributed by atoms with Crippen molar-refractivity contribution in [2.75, 3.05) is 27.2 Å². The molecule has 0 bridgehead atoms. The Hall–Kier alpha value is -1.14. The third-order valence-electron chi connectivity index (χ3n) is 2.15. The average molecular weight is 230 g/mol. The van der Waals surface area contributed by atoms with Crippen molar-refractivity contribution in [2.45, 2.75) is 19.9 Å². The highest BCUT2D eigenvalue weighted by Gasteiger charge is 2.15. The van der Waals surface area contributed by atoms with Crippen molar-refractivity contribution in [3.63, 3.8) is 0 Å². The van der Waals surface area contributed by atoms with Crippen LogP contribution in [0.15, 0.2) is 0 Å². The number of carbonyl (C=O) groups is 2. The van der Waals surface area contributed by atoms with Crippen LogP contribution in [-0.2, 0) is 4.79 Å². The van der Waals surface area contributed by atoms with Crippen molar-refractivity contribution in [2.24, 2.45) is 11.7 Å². The number of nitrogens with two attached hydrogens (primary N) is 1. The van der Waals surface area contributed by atoms with E-state index in [-0.39, 0.29) is 12.6 Å². The summed E-state index contributed by atoms with van der Waals surface area (Å²) in [6.45, 7) is 5.08. The van der Waals surface area contributed by atoms with Crippen LogP contribution in [0.2, 0.25) is 0 Å². The lowest BCUT2D eigenvalue weighted by Crippen LogP contribution is -2.48. The molecule has 3 amide bonds. The van der Waals surface area contributed by atoms with E-state index in [0.29, 0.717) is 5.92 Å². The molecule has 6 nitrogen and oxygen atoms in total. The monoisotopic (exact) mass is 230 g/mol. The van der Waals surface area contributed by atoms with E-state index in [2.05, 4.69) is 19.2 Å². The van der Waals surface area contributed by atoms with Gasteiger partial charge in [0.05, 0.1) is 6.54 Å². The first kappa shape index (κ1) is 14.9. The van der Waals surface area contributed by atoms with E-state index >= 15 is 0 Å². The number of imide groups is 1. The predicted octanol–water partition coefficient (Wildman–Crippen LogP) is -0.643. The third kappa shape index (κ3) is 7.19. The first-order chi connectivity index (χ1) is 7.32. The predicted molar refractivity (Wildman–Crippen MR) is 62.9 cm³/mol. The van der Waals surface area contributed by atoms with Crippen LogP contribution in [0.5, 0.6) is 0 Å². The summed E-state index contributed by atoms with van der Waals surface area (Å²) in [6, 6.07) is -0.617. The highest BCUT2D eigenvalue weighted by molar-refractivity contribution is 5.94. The summed E-state index contributed by atoms with van der Waals surface area (Å²) in [5.74, 6) is 0.000634. The number of urea groups is 1. The molecule has 0 saturated carbocycles. The van der Waals surface area contributed by atoms with Crippen molar-refractivity contribution < 1.29 is 9.59 Å². The summed E-state index contributed by atoms with van der Waals surface area (Å²) in [7, 11) is 3.95. The fourth-order valence-electron chi connectivity index (χ4n) is 1.31. The lowest BCUT2D eigenvalue weighted by atomic mass is 10.0. The molecular weight excluding hydrogens is 208 g/mol. The molecule has 0 aliphatic carbocycles. The summed E-state index contributed by atoms with van der Waals surface area (Å²) in [6.07, 6.45) is 0. The van der Waals surface area contributed by atoms with Gasteiger partial charge >= 0.3 is 6.03 Å². The van der Waals surface area contributed by atoms with Crippen molar-refractivity contribution in [3.05, 3.63) is 0 Å². The molecule has 0 aliphatic heterocycles. The standard InChI is InChI=1S/C10H22N4O2/c1-7(2)8(6-14(3)4)12-5-9(15)13-10(11)16/h7-8,12H,5-6H2,1-4H3,(H3,11,13,15,16). The van der Waals surface area contributed by atoms with Crippen LogP contribution in [-0.4, -0.2) is 50.1 Å². The molecule has 16 heavy (non-hydrogen) atoms. The largest absolute Gasteiger partial charge is 0.351 e. The zero-order chi connectivity index (χ0) is 12.7. The van der Waals surface area contributed by atoms with Crippen LogP contribution in [0.4, 0.5) is 4.79 Å². The number of nitrogens with zero attached hydrogens (tertiary/aromatic N) is 1. The van der Waals surface area contributed by atoms with E-state index in [4.69, 9.17) is 5.73 Å². The molecule has 0 aromatic rings. The molecule has 0 spiro atoms.